The van der Waals surface area contributed by atoms with Crippen LogP contribution >= 0.6 is 0 Å². The molecule has 0 saturated heterocycles. The lowest BCUT2D eigenvalue weighted by Gasteiger charge is -2.08. The number of ether oxygens (including phenoxy) is 1. The highest BCUT2D eigenvalue weighted by Gasteiger charge is 2.20. The van der Waals surface area contributed by atoms with E-state index >= 15 is 0 Å². The molecule has 1 aromatic rings. The van der Waals surface area contributed by atoms with Crippen LogP contribution in [-0.4, -0.2) is 27.7 Å². The number of primary amides is 1. The average Bonchev–Trinajstić information content (AvgIpc) is 2.34. The molecule has 0 aliphatic carbocycles. The van der Waals surface area contributed by atoms with Gasteiger partial charge in [0.2, 0.25) is 10.0 Å². The predicted molar refractivity (Wildman–Crippen MR) is 61.8 cm³/mol. The first-order chi connectivity index (χ1) is 8.88. The van der Waals surface area contributed by atoms with E-state index < -0.39 is 32.4 Å². The molecule has 1 aromatic carbocycles. The van der Waals surface area contributed by atoms with Crippen LogP contribution < -0.4 is 10.5 Å². The molecule has 1 rings (SSSR count). The summed E-state index contributed by atoms with van der Waals surface area (Å²) >= 11 is 0. The van der Waals surface area contributed by atoms with Crippen molar-refractivity contribution in [1.29, 1.82) is 5.26 Å². The first-order valence-electron chi connectivity index (χ1n) is 4.99. The first kappa shape index (κ1) is 14.9. The third-order valence-corrected chi connectivity index (χ3v) is 3.52. The van der Waals surface area contributed by atoms with Crippen molar-refractivity contribution < 1.29 is 22.3 Å². The molecule has 102 valence electrons. The number of benzene rings is 1. The van der Waals surface area contributed by atoms with Crippen LogP contribution in [0.2, 0.25) is 0 Å². The van der Waals surface area contributed by atoms with E-state index in [1.54, 1.807) is 0 Å². The maximum atomic E-state index is 13.3. The molecule has 0 saturated carbocycles. The van der Waals surface area contributed by atoms with E-state index in [4.69, 9.17) is 5.26 Å². The molecular formula is C10H10FN3O4S. The number of nitrogens with zero attached hydrogens (tertiary/aromatic N) is 1. The number of rotatable bonds is 5. The zero-order valence-electron chi connectivity index (χ0n) is 9.59. The maximum Gasteiger partial charge on any atom is 0.404 e. The number of hydrogen-bond acceptors (Lipinski definition) is 5. The summed E-state index contributed by atoms with van der Waals surface area (Å²) in [5.74, 6) is -0.932. The van der Waals surface area contributed by atoms with Crippen molar-refractivity contribution in [2.45, 2.75) is 4.90 Å². The van der Waals surface area contributed by atoms with Gasteiger partial charge in [0.25, 0.3) is 0 Å². The Morgan fingerprint density at radius 2 is 2.21 bits per heavy atom. The van der Waals surface area contributed by atoms with Gasteiger partial charge in [0, 0.05) is 6.54 Å². The Labute approximate surface area is 108 Å². The molecule has 0 bridgehead atoms. The lowest BCUT2D eigenvalue weighted by molar-refractivity contribution is 0.159. The molecule has 3 N–H and O–H groups in total. The summed E-state index contributed by atoms with van der Waals surface area (Å²) < 4.78 is 43.3. The number of nitriles is 1. The Hall–Kier alpha value is -2.18. The number of carbonyl (C=O) groups excluding carboxylic acids is 1. The number of amides is 1. The van der Waals surface area contributed by atoms with E-state index in [1.165, 1.54) is 12.1 Å². The molecule has 0 unspecified atom stereocenters. The zero-order valence-corrected chi connectivity index (χ0v) is 10.4. The molecule has 0 aliphatic heterocycles. The van der Waals surface area contributed by atoms with Gasteiger partial charge in [-0.1, -0.05) is 6.07 Å². The molecule has 0 spiro atoms. The molecule has 7 nitrogen and oxygen atoms in total. The lowest BCUT2D eigenvalue weighted by Crippen LogP contribution is -2.29. The second kappa shape index (κ2) is 6.12. The van der Waals surface area contributed by atoms with Crippen molar-refractivity contribution >= 4 is 16.1 Å². The summed E-state index contributed by atoms with van der Waals surface area (Å²) in [6, 6.07) is 4.73. The van der Waals surface area contributed by atoms with Crippen molar-refractivity contribution in [2.24, 2.45) is 5.73 Å². The van der Waals surface area contributed by atoms with Crippen LogP contribution in [-0.2, 0) is 14.8 Å². The first-order valence-corrected chi connectivity index (χ1v) is 6.47. The molecule has 0 aromatic heterocycles. The van der Waals surface area contributed by atoms with Gasteiger partial charge in [0.1, 0.15) is 29.0 Å². The fourth-order valence-electron chi connectivity index (χ4n) is 1.24. The normalized spacial score (nSPS) is 10.7. The lowest BCUT2D eigenvalue weighted by atomic mass is 10.2. The SMILES string of the molecule is N#Cc1c(F)cccc1S(=O)(=O)NCCOC(N)=O. The Bertz CT molecular complexity index is 624. The minimum absolute atomic E-state index is 0.243. The Balaban J connectivity index is 2.87. The average molecular weight is 287 g/mol. The van der Waals surface area contributed by atoms with Gasteiger partial charge in [-0.15, -0.1) is 0 Å². The van der Waals surface area contributed by atoms with Crippen LogP contribution in [0.1, 0.15) is 5.56 Å². The van der Waals surface area contributed by atoms with Gasteiger partial charge < -0.3 is 10.5 Å². The third kappa shape index (κ3) is 3.90. The fourth-order valence-corrected chi connectivity index (χ4v) is 2.42. The summed E-state index contributed by atoms with van der Waals surface area (Å²) in [6.45, 7) is -0.515. The number of nitrogens with one attached hydrogen (secondary N) is 1. The van der Waals surface area contributed by atoms with Gasteiger partial charge in [-0.2, -0.15) is 5.26 Å². The highest BCUT2D eigenvalue weighted by molar-refractivity contribution is 7.89. The molecule has 19 heavy (non-hydrogen) atoms. The van der Waals surface area contributed by atoms with Crippen molar-refractivity contribution in [3.63, 3.8) is 0 Å². The number of hydrogen-bond donors (Lipinski definition) is 2. The van der Waals surface area contributed by atoms with Gasteiger partial charge in [0.05, 0.1) is 0 Å². The summed E-state index contributed by atoms with van der Waals surface area (Å²) in [5, 5.41) is 8.74. The van der Waals surface area contributed by atoms with Crippen LogP contribution in [0, 0.1) is 17.1 Å². The Morgan fingerprint density at radius 3 is 2.79 bits per heavy atom. The zero-order chi connectivity index (χ0) is 14.5. The van der Waals surface area contributed by atoms with E-state index in [1.807, 2.05) is 0 Å². The number of carbonyl (C=O) groups is 1. The van der Waals surface area contributed by atoms with Crippen molar-refractivity contribution in [3.8, 4) is 6.07 Å². The molecule has 1 amide bonds. The van der Waals surface area contributed by atoms with Gasteiger partial charge in [-0.25, -0.2) is 22.3 Å². The highest BCUT2D eigenvalue weighted by Crippen LogP contribution is 2.17. The van der Waals surface area contributed by atoms with Gasteiger partial charge >= 0.3 is 6.09 Å². The second-order valence-corrected chi connectivity index (χ2v) is 5.03. The van der Waals surface area contributed by atoms with Crippen LogP contribution in [0.15, 0.2) is 23.1 Å². The molecular weight excluding hydrogens is 277 g/mol. The Morgan fingerprint density at radius 1 is 1.53 bits per heavy atom. The molecule has 0 heterocycles. The largest absolute Gasteiger partial charge is 0.448 e. The minimum Gasteiger partial charge on any atom is -0.448 e. The summed E-state index contributed by atoms with van der Waals surface area (Å²) in [7, 11) is -4.07. The van der Waals surface area contributed by atoms with E-state index in [-0.39, 0.29) is 13.2 Å². The van der Waals surface area contributed by atoms with Gasteiger partial charge in [0.15, 0.2) is 0 Å². The molecule has 0 atom stereocenters. The molecule has 0 aliphatic rings. The topological polar surface area (TPSA) is 122 Å². The standard InChI is InChI=1S/C10H10FN3O4S/c11-8-2-1-3-9(7(8)6-12)19(16,17)14-4-5-18-10(13)15/h1-3,14H,4-5H2,(H2,13,15). The Kier molecular flexibility index (Phi) is 4.80. The van der Waals surface area contributed by atoms with Crippen LogP contribution in [0.25, 0.3) is 0 Å². The molecule has 0 fully saturated rings. The smallest absolute Gasteiger partial charge is 0.404 e. The van der Waals surface area contributed by atoms with E-state index in [0.717, 1.165) is 12.1 Å². The number of sulfonamides is 1. The quantitative estimate of drug-likeness (QED) is 0.742. The van der Waals surface area contributed by atoms with Crippen LogP contribution in [0.5, 0.6) is 0 Å². The monoisotopic (exact) mass is 287 g/mol. The number of nitrogens with two attached hydrogens (primary N) is 1. The predicted octanol–water partition coefficient (Wildman–Crippen LogP) is 0.0710. The van der Waals surface area contributed by atoms with Crippen molar-refractivity contribution in [1.82, 2.24) is 4.72 Å². The fraction of sp³-hybridized carbons (Fsp3) is 0.200. The summed E-state index contributed by atoms with van der Waals surface area (Å²) in [6.07, 6.45) is -1.04. The van der Waals surface area contributed by atoms with Gasteiger partial charge in [-0.05, 0) is 12.1 Å². The van der Waals surface area contributed by atoms with Crippen LogP contribution in [0.3, 0.4) is 0 Å². The van der Waals surface area contributed by atoms with Crippen molar-refractivity contribution in [2.75, 3.05) is 13.2 Å². The maximum absolute atomic E-state index is 13.3. The van der Waals surface area contributed by atoms with E-state index in [9.17, 15) is 17.6 Å². The van der Waals surface area contributed by atoms with Gasteiger partial charge in [-0.3, -0.25) is 0 Å². The summed E-state index contributed by atoms with van der Waals surface area (Å²) in [4.78, 5) is 9.79. The van der Waals surface area contributed by atoms with E-state index in [2.05, 4.69) is 15.2 Å². The summed E-state index contributed by atoms with van der Waals surface area (Å²) in [5.41, 5.74) is 4.11. The third-order valence-electron chi connectivity index (χ3n) is 2.02. The molecule has 0 radical (unpaired) electrons. The minimum atomic E-state index is -4.07. The van der Waals surface area contributed by atoms with Crippen molar-refractivity contribution in [3.05, 3.63) is 29.6 Å². The second-order valence-electron chi connectivity index (χ2n) is 3.29. The molecule has 9 heteroatoms. The number of halogens is 1. The van der Waals surface area contributed by atoms with Crippen LogP contribution in [0.4, 0.5) is 9.18 Å². The highest BCUT2D eigenvalue weighted by atomic mass is 32.2. The van der Waals surface area contributed by atoms with E-state index in [0.29, 0.717) is 0 Å².